The Labute approximate surface area is 221 Å². The average molecular weight is 523 g/mol. The van der Waals surface area contributed by atoms with Crippen LogP contribution in [0.4, 0.5) is 0 Å². The maximum atomic E-state index is 13.4. The zero-order valence-electron chi connectivity index (χ0n) is 22.6. The van der Waals surface area contributed by atoms with E-state index in [4.69, 9.17) is 4.74 Å². The van der Waals surface area contributed by atoms with E-state index in [1.54, 1.807) is 42.6 Å². The summed E-state index contributed by atoms with van der Waals surface area (Å²) in [7, 11) is -3.76. The Balaban J connectivity index is 1.76. The summed E-state index contributed by atoms with van der Waals surface area (Å²) in [6.07, 6.45) is 2.42. The van der Waals surface area contributed by atoms with Crippen LogP contribution in [0.1, 0.15) is 53.5 Å². The summed E-state index contributed by atoms with van der Waals surface area (Å²) in [6, 6.07) is 16.0. The summed E-state index contributed by atoms with van der Waals surface area (Å²) in [5.74, 6) is 1.05. The van der Waals surface area contributed by atoms with Crippen LogP contribution in [0.2, 0.25) is 0 Å². The molecule has 198 valence electrons. The lowest BCUT2D eigenvalue weighted by Crippen LogP contribution is -2.36. The highest BCUT2D eigenvalue weighted by Gasteiger charge is 2.22. The first-order chi connectivity index (χ1) is 17.3. The SMILES string of the molecule is C=C(N=C(C)c1cn(S(=O)(=O)c2ccccc2)c2ccccc12)N[C@H](C)C[C@H](C)NC(=C)OC(C)(C)C. The first-order valence-electron chi connectivity index (χ1n) is 12.3. The van der Waals surface area contributed by atoms with Crippen molar-refractivity contribution < 1.29 is 13.2 Å². The van der Waals surface area contributed by atoms with Crippen LogP contribution in [0.3, 0.4) is 0 Å². The van der Waals surface area contributed by atoms with Crippen molar-refractivity contribution in [3.63, 3.8) is 0 Å². The lowest BCUT2D eigenvalue weighted by Gasteiger charge is -2.27. The van der Waals surface area contributed by atoms with E-state index in [1.165, 1.54) is 3.97 Å². The number of hydrogen-bond donors (Lipinski definition) is 2. The van der Waals surface area contributed by atoms with Gasteiger partial charge in [0.15, 0.2) is 5.88 Å². The zero-order chi connectivity index (χ0) is 27.4. The summed E-state index contributed by atoms with van der Waals surface area (Å²) in [4.78, 5) is 4.89. The molecule has 8 heteroatoms. The van der Waals surface area contributed by atoms with Gasteiger partial charge in [-0.05, 0) is 72.7 Å². The monoisotopic (exact) mass is 522 g/mol. The maximum Gasteiger partial charge on any atom is 0.268 e. The van der Waals surface area contributed by atoms with Crippen LogP contribution < -0.4 is 10.6 Å². The molecule has 1 aromatic heterocycles. The number of aliphatic imine (C=N–C) groups is 1. The van der Waals surface area contributed by atoms with E-state index in [0.29, 0.717) is 22.9 Å². The van der Waals surface area contributed by atoms with Gasteiger partial charge >= 0.3 is 0 Å². The van der Waals surface area contributed by atoms with Gasteiger partial charge in [-0.1, -0.05) is 43.0 Å². The van der Waals surface area contributed by atoms with Gasteiger partial charge in [0.1, 0.15) is 11.4 Å². The smallest absolute Gasteiger partial charge is 0.268 e. The minimum absolute atomic E-state index is 0.0776. The first kappa shape index (κ1) is 28.1. The van der Waals surface area contributed by atoms with Crippen molar-refractivity contribution in [1.82, 2.24) is 14.6 Å². The number of nitrogens with zero attached hydrogens (tertiary/aromatic N) is 2. The molecule has 0 saturated heterocycles. The predicted octanol–water partition coefficient (Wildman–Crippen LogP) is 5.79. The predicted molar refractivity (Wildman–Crippen MR) is 152 cm³/mol. The third-order valence-electron chi connectivity index (χ3n) is 5.63. The highest BCUT2D eigenvalue weighted by atomic mass is 32.2. The topological polar surface area (TPSA) is 84.7 Å². The molecule has 37 heavy (non-hydrogen) atoms. The van der Waals surface area contributed by atoms with E-state index in [0.717, 1.165) is 17.4 Å². The molecule has 0 aliphatic rings. The second kappa shape index (κ2) is 11.3. The van der Waals surface area contributed by atoms with E-state index >= 15 is 0 Å². The molecular formula is C29H38N4O3S. The Morgan fingerprint density at radius 3 is 2.24 bits per heavy atom. The minimum atomic E-state index is -3.76. The van der Waals surface area contributed by atoms with Crippen LogP contribution in [-0.4, -0.2) is 35.8 Å². The fourth-order valence-electron chi connectivity index (χ4n) is 4.24. The van der Waals surface area contributed by atoms with E-state index in [9.17, 15) is 8.42 Å². The van der Waals surface area contributed by atoms with Crippen LogP contribution >= 0.6 is 0 Å². The molecule has 3 aromatic rings. The molecule has 2 atom stereocenters. The van der Waals surface area contributed by atoms with Gasteiger partial charge in [0.2, 0.25) is 0 Å². The Morgan fingerprint density at radius 1 is 1.00 bits per heavy atom. The quantitative estimate of drug-likeness (QED) is 0.246. The molecule has 0 aliphatic carbocycles. The van der Waals surface area contributed by atoms with E-state index in [2.05, 4.69) is 42.6 Å². The van der Waals surface area contributed by atoms with Gasteiger partial charge < -0.3 is 15.4 Å². The Morgan fingerprint density at radius 2 is 1.59 bits per heavy atom. The van der Waals surface area contributed by atoms with Crippen LogP contribution in [0.5, 0.6) is 0 Å². The third kappa shape index (κ3) is 7.26. The highest BCUT2D eigenvalue weighted by molar-refractivity contribution is 7.90. The van der Waals surface area contributed by atoms with Crippen LogP contribution in [0.15, 0.2) is 95.5 Å². The molecule has 7 nitrogen and oxygen atoms in total. The van der Waals surface area contributed by atoms with E-state index in [-0.39, 0.29) is 22.6 Å². The summed E-state index contributed by atoms with van der Waals surface area (Å²) in [5.41, 5.74) is 1.69. The number of rotatable bonds is 11. The molecule has 0 radical (unpaired) electrons. The van der Waals surface area contributed by atoms with Gasteiger partial charge in [0.25, 0.3) is 10.0 Å². The van der Waals surface area contributed by atoms with Crippen LogP contribution in [-0.2, 0) is 14.8 Å². The number of benzene rings is 2. The molecule has 2 N–H and O–H groups in total. The number of aromatic nitrogens is 1. The van der Waals surface area contributed by atoms with Crippen molar-refractivity contribution in [3.8, 4) is 0 Å². The first-order valence-corrected chi connectivity index (χ1v) is 13.8. The molecule has 0 saturated carbocycles. The summed E-state index contributed by atoms with van der Waals surface area (Å²) in [5, 5.41) is 7.41. The molecule has 0 bridgehead atoms. The fraction of sp³-hybridized carbons (Fsp3) is 0.345. The number of hydrogen-bond acceptors (Lipinski definition) is 6. The normalized spacial score (nSPS) is 14.2. The molecule has 2 aromatic carbocycles. The van der Waals surface area contributed by atoms with Gasteiger partial charge in [0.05, 0.1) is 10.4 Å². The number of nitrogens with one attached hydrogen (secondary N) is 2. The molecule has 0 amide bonds. The molecule has 0 spiro atoms. The van der Waals surface area contributed by atoms with Crippen molar-refractivity contribution in [3.05, 3.63) is 91.2 Å². The molecular weight excluding hydrogens is 484 g/mol. The average Bonchev–Trinajstić information content (AvgIpc) is 3.18. The molecule has 0 fully saturated rings. The van der Waals surface area contributed by atoms with E-state index < -0.39 is 10.0 Å². The van der Waals surface area contributed by atoms with Crippen molar-refractivity contribution >= 4 is 26.6 Å². The van der Waals surface area contributed by atoms with E-state index in [1.807, 2.05) is 45.9 Å². The van der Waals surface area contributed by atoms with Gasteiger partial charge in [-0.2, -0.15) is 0 Å². The second-order valence-electron chi connectivity index (χ2n) is 10.3. The van der Waals surface area contributed by atoms with Crippen LogP contribution in [0.25, 0.3) is 10.9 Å². The third-order valence-corrected chi connectivity index (χ3v) is 7.32. The van der Waals surface area contributed by atoms with Gasteiger partial charge in [-0.15, -0.1) is 0 Å². The minimum Gasteiger partial charge on any atom is -0.474 e. The number of para-hydroxylation sites is 1. The zero-order valence-corrected chi connectivity index (χ0v) is 23.4. The number of fused-ring (bicyclic) bond motifs is 1. The second-order valence-corrected chi connectivity index (χ2v) is 12.1. The molecule has 0 unspecified atom stereocenters. The summed E-state index contributed by atoms with van der Waals surface area (Å²) < 4.78 is 33.8. The summed E-state index contributed by atoms with van der Waals surface area (Å²) >= 11 is 0. The van der Waals surface area contributed by atoms with Gasteiger partial charge in [-0.3, -0.25) is 0 Å². The van der Waals surface area contributed by atoms with Gasteiger partial charge in [0, 0.05) is 34.9 Å². The Bertz CT molecular complexity index is 1400. The lowest BCUT2D eigenvalue weighted by molar-refractivity contribution is 0.0384. The largest absolute Gasteiger partial charge is 0.474 e. The van der Waals surface area contributed by atoms with Gasteiger partial charge in [-0.25, -0.2) is 17.4 Å². The van der Waals surface area contributed by atoms with Crippen LogP contribution in [0, 0.1) is 0 Å². The fourth-order valence-corrected chi connectivity index (χ4v) is 5.64. The molecule has 0 aliphatic heterocycles. The summed E-state index contributed by atoms with van der Waals surface area (Å²) in [6.45, 7) is 19.9. The van der Waals surface area contributed by atoms with Crippen molar-refractivity contribution in [2.45, 2.75) is 70.5 Å². The van der Waals surface area contributed by atoms with Crippen molar-refractivity contribution in [2.24, 2.45) is 4.99 Å². The highest BCUT2D eigenvalue weighted by Crippen LogP contribution is 2.27. The van der Waals surface area contributed by atoms with Crippen molar-refractivity contribution in [2.75, 3.05) is 0 Å². The molecule has 1 heterocycles. The molecule has 3 rings (SSSR count). The standard InChI is InChI=1S/C29H38N4O3S/c1-20(18-21(2)31-24(5)36-29(6,7)8)30-23(4)32-22(3)27-19-33(28-17-13-12-16-26(27)28)37(34,35)25-14-10-9-11-15-25/h9-17,19-21,30-31H,4-5,18H2,1-3,6-8H3/t20-,21+/m1/s1. The Hall–Kier alpha value is -3.52. The Kier molecular flexibility index (Phi) is 8.53. The lowest BCUT2D eigenvalue weighted by atomic mass is 10.1. The number of ether oxygens (including phenoxy) is 1. The van der Waals surface area contributed by atoms with Crippen molar-refractivity contribution in [1.29, 1.82) is 0 Å². The maximum absolute atomic E-state index is 13.4.